The molecule has 0 heterocycles. The highest BCUT2D eigenvalue weighted by molar-refractivity contribution is 6.29. The fourth-order valence-corrected chi connectivity index (χ4v) is 2.99. The van der Waals surface area contributed by atoms with E-state index in [4.69, 9.17) is 11.6 Å². The van der Waals surface area contributed by atoms with Crippen molar-refractivity contribution in [1.29, 1.82) is 0 Å². The van der Waals surface area contributed by atoms with E-state index in [1.807, 2.05) is 31.2 Å². The Kier molecular flexibility index (Phi) is 3.91. The first-order valence-electron chi connectivity index (χ1n) is 6.54. The number of halogens is 1. The number of allylic oxidation sites excluding steroid dienone is 2. The van der Waals surface area contributed by atoms with Crippen LogP contribution in [-0.4, -0.2) is 5.78 Å². The third-order valence-corrected chi connectivity index (χ3v) is 3.93. The average Bonchev–Trinajstić information content (AvgIpc) is 2.62. The highest BCUT2D eigenvalue weighted by atomic mass is 35.5. The third kappa shape index (κ3) is 2.37. The summed E-state index contributed by atoms with van der Waals surface area (Å²) < 4.78 is 0. The largest absolute Gasteiger partial charge is 0.294 e. The highest BCUT2D eigenvalue weighted by Gasteiger charge is 2.43. The summed E-state index contributed by atoms with van der Waals surface area (Å²) >= 11 is 5.93. The molecule has 1 aromatic carbocycles. The minimum absolute atomic E-state index is 0.255. The lowest BCUT2D eigenvalue weighted by Gasteiger charge is -2.25. The SMILES string of the molecule is CCCC1(C/C=C(/C)Cl)Cc2ccccc2C1=O. The molecule has 18 heavy (non-hydrogen) atoms. The van der Waals surface area contributed by atoms with Crippen LogP contribution in [0, 0.1) is 5.41 Å². The summed E-state index contributed by atoms with van der Waals surface area (Å²) in [5.41, 5.74) is 1.84. The minimum atomic E-state index is -0.255. The Labute approximate surface area is 114 Å². The molecule has 1 aromatic rings. The fraction of sp³-hybridized carbons (Fsp3) is 0.438. The monoisotopic (exact) mass is 262 g/mol. The van der Waals surface area contributed by atoms with Crippen LogP contribution in [0.4, 0.5) is 0 Å². The summed E-state index contributed by atoms with van der Waals surface area (Å²) in [6.45, 7) is 4.00. The molecule has 2 rings (SSSR count). The standard InChI is InChI=1S/C16H19ClO/c1-3-9-16(10-8-12(2)17)11-13-6-4-5-7-14(13)15(16)18/h4-8H,3,9-11H2,1-2H3/b12-8-. The first-order chi connectivity index (χ1) is 8.59. The molecule has 1 aliphatic rings. The Bertz CT molecular complexity index is 486. The van der Waals surface area contributed by atoms with E-state index in [0.717, 1.165) is 36.3 Å². The molecule has 0 fully saturated rings. The van der Waals surface area contributed by atoms with Crippen molar-refractivity contribution in [2.24, 2.45) is 5.41 Å². The molecule has 96 valence electrons. The minimum Gasteiger partial charge on any atom is -0.294 e. The van der Waals surface area contributed by atoms with Gasteiger partial charge in [-0.25, -0.2) is 0 Å². The van der Waals surface area contributed by atoms with E-state index in [0.29, 0.717) is 5.78 Å². The van der Waals surface area contributed by atoms with Gasteiger partial charge in [0.15, 0.2) is 5.78 Å². The van der Waals surface area contributed by atoms with Crippen molar-refractivity contribution in [3.63, 3.8) is 0 Å². The van der Waals surface area contributed by atoms with Gasteiger partial charge in [0.2, 0.25) is 0 Å². The van der Waals surface area contributed by atoms with Gasteiger partial charge in [0, 0.05) is 16.0 Å². The number of hydrogen-bond acceptors (Lipinski definition) is 1. The number of benzene rings is 1. The highest BCUT2D eigenvalue weighted by Crippen LogP contribution is 2.43. The van der Waals surface area contributed by atoms with E-state index in [1.165, 1.54) is 5.56 Å². The van der Waals surface area contributed by atoms with Crippen LogP contribution in [0.15, 0.2) is 35.4 Å². The topological polar surface area (TPSA) is 17.1 Å². The zero-order valence-electron chi connectivity index (χ0n) is 11.0. The molecule has 0 N–H and O–H groups in total. The molecule has 1 aliphatic carbocycles. The molecule has 0 aromatic heterocycles. The van der Waals surface area contributed by atoms with Crippen LogP contribution >= 0.6 is 11.6 Å². The Morgan fingerprint density at radius 2 is 2.17 bits per heavy atom. The Hall–Kier alpha value is -1.08. The Balaban J connectivity index is 2.34. The molecule has 2 heteroatoms. The van der Waals surface area contributed by atoms with Gasteiger partial charge in [-0.1, -0.05) is 55.3 Å². The summed E-state index contributed by atoms with van der Waals surface area (Å²) in [6.07, 6.45) is 5.55. The molecule has 0 saturated heterocycles. The number of carbonyl (C=O) groups excluding carboxylic acids is 1. The number of rotatable bonds is 4. The number of Topliss-reactive ketones (excluding diaryl/α,β-unsaturated/α-hetero) is 1. The molecule has 0 bridgehead atoms. The van der Waals surface area contributed by atoms with E-state index in [1.54, 1.807) is 0 Å². The lowest BCUT2D eigenvalue weighted by Crippen LogP contribution is -2.27. The van der Waals surface area contributed by atoms with Gasteiger partial charge in [0.1, 0.15) is 0 Å². The van der Waals surface area contributed by atoms with Crippen LogP contribution in [0.3, 0.4) is 0 Å². The first-order valence-corrected chi connectivity index (χ1v) is 6.92. The van der Waals surface area contributed by atoms with Gasteiger partial charge in [-0.3, -0.25) is 4.79 Å². The second-order valence-electron chi connectivity index (χ2n) is 5.19. The molecule has 0 radical (unpaired) electrons. The lowest BCUT2D eigenvalue weighted by atomic mass is 9.76. The molecule has 1 nitrogen and oxygen atoms in total. The van der Waals surface area contributed by atoms with E-state index in [2.05, 4.69) is 13.0 Å². The van der Waals surface area contributed by atoms with Gasteiger partial charge in [-0.15, -0.1) is 0 Å². The van der Waals surface area contributed by atoms with Crippen LogP contribution in [0.25, 0.3) is 0 Å². The first kappa shape index (κ1) is 13.4. The van der Waals surface area contributed by atoms with Crippen molar-refractivity contribution in [1.82, 2.24) is 0 Å². The Morgan fingerprint density at radius 1 is 1.44 bits per heavy atom. The van der Waals surface area contributed by atoms with Gasteiger partial charge >= 0.3 is 0 Å². The molecule has 0 amide bonds. The number of hydrogen-bond donors (Lipinski definition) is 0. The van der Waals surface area contributed by atoms with E-state index in [9.17, 15) is 4.79 Å². The summed E-state index contributed by atoms with van der Waals surface area (Å²) in [6, 6.07) is 7.98. The van der Waals surface area contributed by atoms with Gasteiger partial charge in [0.25, 0.3) is 0 Å². The second kappa shape index (κ2) is 5.27. The molecular weight excluding hydrogens is 244 g/mol. The van der Waals surface area contributed by atoms with Crippen molar-refractivity contribution in [3.05, 3.63) is 46.5 Å². The van der Waals surface area contributed by atoms with Gasteiger partial charge in [0.05, 0.1) is 0 Å². The zero-order valence-corrected chi connectivity index (χ0v) is 11.8. The third-order valence-electron chi connectivity index (χ3n) is 3.78. The van der Waals surface area contributed by atoms with Crippen LogP contribution in [-0.2, 0) is 6.42 Å². The summed E-state index contributed by atoms with van der Waals surface area (Å²) in [5.74, 6) is 0.300. The molecular formula is C16H19ClO. The molecule has 0 spiro atoms. The van der Waals surface area contributed by atoms with Crippen molar-refractivity contribution in [2.45, 2.75) is 39.5 Å². The number of fused-ring (bicyclic) bond motifs is 1. The summed E-state index contributed by atoms with van der Waals surface area (Å²) in [4.78, 5) is 12.6. The quantitative estimate of drug-likeness (QED) is 0.766. The molecule has 0 saturated carbocycles. The lowest BCUT2D eigenvalue weighted by molar-refractivity contribution is 0.0806. The number of carbonyl (C=O) groups is 1. The van der Waals surface area contributed by atoms with Crippen LogP contribution in [0.2, 0.25) is 0 Å². The van der Waals surface area contributed by atoms with E-state index in [-0.39, 0.29) is 5.41 Å². The van der Waals surface area contributed by atoms with Crippen LogP contribution in [0.5, 0.6) is 0 Å². The van der Waals surface area contributed by atoms with Crippen LogP contribution < -0.4 is 0 Å². The maximum absolute atomic E-state index is 12.6. The maximum atomic E-state index is 12.6. The smallest absolute Gasteiger partial charge is 0.169 e. The zero-order chi connectivity index (χ0) is 13.2. The van der Waals surface area contributed by atoms with Gasteiger partial charge in [-0.2, -0.15) is 0 Å². The average molecular weight is 263 g/mol. The van der Waals surface area contributed by atoms with Gasteiger partial charge in [-0.05, 0) is 31.7 Å². The predicted molar refractivity (Wildman–Crippen MR) is 76.0 cm³/mol. The molecule has 0 aliphatic heterocycles. The molecule has 1 atom stereocenters. The number of ketones is 1. The van der Waals surface area contributed by atoms with E-state index >= 15 is 0 Å². The second-order valence-corrected chi connectivity index (χ2v) is 5.78. The van der Waals surface area contributed by atoms with Crippen molar-refractivity contribution >= 4 is 17.4 Å². The van der Waals surface area contributed by atoms with Gasteiger partial charge < -0.3 is 0 Å². The van der Waals surface area contributed by atoms with Crippen molar-refractivity contribution < 1.29 is 4.79 Å². The summed E-state index contributed by atoms with van der Waals surface area (Å²) in [7, 11) is 0. The maximum Gasteiger partial charge on any atom is 0.169 e. The van der Waals surface area contributed by atoms with E-state index < -0.39 is 0 Å². The van der Waals surface area contributed by atoms with Crippen molar-refractivity contribution in [2.75, 3.05) is 0 Å². The molecule has 1 unspecified atom stereocenters. The van der Waals surface area contributed by atoms with Crippen LogP contribution in [0.1, 0.15) is 49.0 Å². The fourth-order valence-electron chi connectivity index (χ4n) is 2.91. The summed E-state index contributed by atoms with van der Waals surface area (Å²) in [5, 5.41) is 0.772. The predicted octanol–water partition coefficient (Wildman–Crippen LogP) is 4.74. The normalized spacial score (nSPS) is 23.3. The Morgan fingerprint density at radius 3 is 2.78 bits per heavy atom. The van der Waals surface area contributed by atoms with Crippen molar-refractivity contribution in [3.8, 4) is 0 Å².